The van der Waals surface area contributed by atoms with Crippen LogP contribution >= 0.6 is 23.4 Å². The fraction of sp³-hybridized carbons (Fsp3) is 0.333. The Morgan fingerprint density at radius 2 is 2.40 bits per heavy atom. The summed E-state index contributed by atoms with van der Waals surface area (Å²) >= 11 is 7.09. The number of halogens is 1. The summed E-state index contributed by atoms with van der Waals surface area (Å²) in [5.41, 5.74) is 0.354. The van der Waals surface area contributed by atoms with E-state index in [1.807, 2.05) is 6.07 Å². The maximum Gasteiger partial charge on any atom is 0.116 e. The fourth-order valence-electron chi connectivity index (χ4n) is 0.839. The summed E-state index contributed by atoms with van der Waals surface area (Å²) in [7, 11) is 0. The van der Waals surface area contributed by atoms with Crippen LogP contribution in [0.1, 0.15) is 5.56 Å². The third-order valence-corrected chi connectivity index (χ3v) is 3.23. The minimum atomic E-state index is -0.807. The number of nitriles is 1. The Morgan fingerprint density at radius 3 is 3.00 bits per heavy atom. The van der Waals surface area contributed by atoms with Gasteiger partial charge in [0.1, 0.15) is 11.1 Å². The van der Waals surface area contributed by atoms with Gasteiger partial charge < -0.3 is 10.2 Å². The molecule has 0 amide bonds. The number of hydrogen-bond donors (Lipinski definition) is 2. The lowest BCUT2D eigenvalue weighted by atomic mass is 10.3. The average molecular weight is 245 g/mol. The van der Waals surface area contributed by atoms with Crippen molar-refractivity contribution in [2.75, 3.05) is 12.4 Å². The van der Waals surface area contributed by atoms with Gasteiger partial charge >= 0.3 is 0 Å². The molecule has 15 heavy (non-hydrogen) atoms. The molecule has 0 aliphatic carbocycles. The number of nitrogens with zero attached hydrogens (tertiary/aromatic N) is 2. The highest BCUT2D eigenvalue weighted by atomic mass is 35.5. The summed E-state index contributed by atoms with van der Waals surface area (Å²) in [6.45, 7) is -0.303. The third-order valence-electron chi connectivity index (χ3n) is 1.60. The Labute approximate surface area is 96.5 Å². The van der Waals surface area contributed by atoms with Gasteiger partial charge in [0, 0.05) is 11.9 Å². The zero-order valence-electron chi connectivity index (χ0n) is 7.72. The quantitative estimate of drug-likeness (QED) is 0.775. The lowest BCUT2D eigenvalue weighted by Gasteiger charge is -2.07. The fourth-order valence-corrected chi connectivity index (χ4v) is 1.98. The number of aromatic nitrogens is 1. The van der Waals surface area contributed by atoms with E-state index in [0.29, 0.717) is 10.6 Å². The number of rotatable bonds is 4. The summed E-state index contributed by atoms with van der Waals surface area (Å²) in [6.07, 6.45) is 0.677. The molecule has 0 saturated carbocycles. The third kappa shape index (κ3) is 3.36. The molecule has 0 spiro atoms. The Kier molecular flexibility index (Phi) is 4.85. The Bertz CT molecular complexity index is 381. The van der Waals surface area contributed by atoms with Crippen LogP contribution < -0.4 is 0 Å². The molecule has 0 saturated heterocycles. The zero-order chi connectivity index (χ0) is 11.3. The van der Waals surface area contributed by atoms with Crippen molar-refractivity contribution in [2.45, 2.75) is 11.1 Å². The first-order valence-corrected chi connectivity index (χ1v) is 5.51. The van der Waals surface area contributed by atoms with Crippen LogP contribution in [0, 0.1) is 11.3 Å². The van der Waals surface area contributed by atoms with Crippen molar-refractivity contribution in [3.8, 4) is 6.07 Å². The van der Waals surface area contributed by atoms with Crippen molar-refractivity contribution in [1.82, 2.24) is 4.98 Å². The Hall–Kier alpha value is -0.800. The van der Waals surface area contributed by atoms with E-state index in [1.54, 1.807) is 0 Å². The van der Waals surface area contributed by atoms with Crippen LogP contribution in [0.5, 0.6) is 0 Å². The van der Waals surface area contributed by atoms with Crippen LogP contribution in [-0.4, -0.2) is 33.7 Å². The molecule has 1 aromatic heterocycles. The molecule has 80 valence electrons. The minimum Gasteiger partial charge on any atom is -0.394 e. The van der Waals surface area contributed by atoms with Crippen molar-refractivity contribution >= 4 is 23.4 Å². The molecule has 4 nitrogen and oxygen atoms in total. The van der Waals surface area contributed by atoms with Gasteiger partial charge in [0.25, 0.3) is 0 Å². The topological polar surface area (TPSA) is 77.1 Å². The predicted molar refractivity (Wildman–Crippen MR) is 57.8 cm³/mol. The number of aliphatic hydroxyl groups excluding tert-OH is 2. The van der Waals surface area contributed by atoms with Gasteiger partial charge in [0.05, 0.1) is 23.3 Å². The van der Waals surface area contributed by atoms with E-state index in [4.69, 9.17) is 27.1 Å². The first kappa shape index (κ1) is 12.3. The molecule has 0 radical (unpaired) electrons. The van der Waals surface area contributed by atoms with Crippen LogP contribution in [0.15, 0.2) is 17.3 Å². The highest BCUT2D eigenvalue weighted by molar-refractivity contribution is 7.99. The molecule has 6 heteroatoms. The monoisotopic (exact) mass is 244 g/mol. The van der Waals surface area contributed by atoms with Gasteiger partial charge in [-0.25, -0.2) is 4.98 Å². The minimum absolute atomic E-state index is 0.287. The standard InChI is InChI=1S/C9H9ClN2O2S/c10-8-6(3-11)1-2-12-9(8)15-5-7(14)4-13/h1-2,7,13-14H,4-5H2. The maximum absolute atomic E-state index is 9.13. The largest absolute Gasteiger partial charge is 0.394 e. The van der Waals surface area contributed by atoms with Crippen LogP contribution in [0.25, 0.3) is 0 Å². The van der Waals surface area contributed by atoms with Gasteiger partial charge in [-0.15, -0.1) is 11.8 Å². The van der Waals surface area contributed by atoms with Gasteiger partial charge in [-0.05, 0) is 6.07 Å². The van der Waals surface area contributed by atoms with Gasteiger partial charge in [0.2, 0.25) is 0 Å². The second-order valence-corrected chi connectivity index (χ2v) is 4.12. The van der Waals surface area contributed by atoms with E-state index in [2.05, 4.69) is 4.98 Å². The highest BCUT2D eigenvalue weighted by Crippen LogP contribution is 2.27. The van der Waals surface area contributed by atoms with Crippen molar-refractivity contribution in [3.63, 3.8) is 0 Å². The normalized spacial score (nSPS) is 12.1. The molecule has 1 heterocycles. The number of thioether (sulfide) groups is 1. The second kappa shape index (κ2) is 5.93. The van der Waals surface area contributed by atoms with Crippen molar-refractivity contribution in [2.24, 2.45) is 0 Å². The summed E-state index contributed by atoms with van der Waals surface area (Å²) in [4.78, 5) is 3.98. The van der Waals surface area contributed by atoms with E-state index >= 15 is 0 Å². The average Bonchev–Trinajstić information content (AvgIpc) is 2.27. The highest BCUT2D eigenvalue weighted by Gasteiger charge is 2.10. The van der Waals surface area contributed by atoms with E-state index < -0.39 is 6.10 Å². The first-order valence-electron chi connectivity index (χ1n) is 4.15. The SMILES string of the molecule is N#Cc1ccnc(SCC(O)CO)c1Cl. The van der Waals surface area contributed by atoms with Gasteiger partial charge in [-0.3, -0.25) is 0 Å². The van der Waals surface area contributed by atoms with Crippen LogP contribution in [0.2, 0.25) is 5.02 Å². The van der Waals surface area contributed by atoms with E-state index in [0.717, 1.165) is 0 Å². The molecule has 1 atom stereocenters. The van der Waals surface area contributed by atoms with Crippen LogP contribution in [0.4, 0.5) is 0 Å². The molecule has 2 N–H and O–H groups in total. The molecule has 0 fully saturated rings. The number of pyridine rings is 1. The molecule has 0 aliphatic rings. The second-order valence-electron chi connectivity index (χ2n) is 2.74. The molecule has 1 aromatic rings. The van der Waals surface area contributed by atoms with Crippen molar-refractivity contribution in [1.29, 1.82) is 5.26 Å². The molecular formula is C9H9ClN2O2S. The summed E-state index contributed by atoms with van der Waals surface area (Å²) in [5, 5.41) is 27.2. The Balaban J connectivity index is 2.74. The lowest BCUT2D eigenvalue weighted by molar-refractivity contribution is 0.113. The molecule has 0 aliphatic heterocycles. The van der Waals surface area contributed by atoms with Gasteiger partial charge in [-0.2, -0.15) is 5.26 Å². The van der Waals surface area contributed by atoms with Crippen LogP contribution in [0.3, 0.4) is 0 Å². The molecule has 1 rings (SSSR count). The summed E-state index contributed by atoms with van der Waals surface area (Å²) < 4.78 is 0. The molecular weight excluding hydrogens is 236 g/mol. The Morgan fingerprint density at radius 1 is 1.67 bits per heavy atom. The number of aliphatic hydroxyl groups is 2. The van der Waals surface area contributed by atoms with E-state index in [1.165, 1.54) is 24.0 Å². The number of hydrogen-bond acceptors (Lipinski definition) is 5. The first-order chi connectivity index (χ1) is 7.19. The van der Waals surface area contributed by atoms with Gasteiger partial charge in [-0.1, -0.05) is 11.6 Å². The predicted octanol–water partition coefficient (Wildman–Crippen LogP) is 1.05. The molecule has 0 aromatic carbocycles. The van der Waals surface area contributed by atoms with Gasteiger partial charge in [0.15, 0.2) is 0 Å². The summed E-state index contributed by atoms with van der Waals surface area (Å²) in [5.74, 6) is 0.290. The maximum atomic E-state index is 9.13. The van der Waals surface area contributed by atoms with E-state index in [9.17, 15) is 0 Å². The zero-order valence-corrected chi connectivity index (χ0v) is 9.29. The molecule has 0 bridgehead atoms. The van der Waals surface area contributed by atoms with E-state index in [-0.39, 0.29) is 17.4 Å². The van der Waals surface area contributed by atoms with Crippen LogP contribution in [-0.2, 0) is 0 Å². The van der Waals surface area contributed by atoms with Crippen molar-refractivity contribution in [3.05, 3.63) is 22.8 Å². The van der Waals surface area contributed by atoms with Crippen molar-refractivity contribution < 1.29 is 10.2 Å². The lowest BCUT2D eigenvalue weighted by Crippen LogP contribution is -2.14. The smallest absolute Gasteiger partial charge is 0.116 e. The summed E-state index contributed by atoms with van der Waals surface area (Å²) in [6, 6.07) is 3.46. The molecule has 1 unspecified atom stereocenters.